The molecule has 0 fully saturated rings. The van der Waals surface area contributed by atoms with E-state index in [1.807, 2.05) is 32.0 Å². The number of pyridine rings is 1. The monoisotopic (exact) mass is 213 g/mol. The number of aromatic nitrogens is 3. The molecule has 0 saturated carbocycles. The van der Waals surface area contributed by atoms with Crippen molar-refractivity contribution < 1.29 is 4.42 Å². The van der Waals surface area contributed by atoms with Crippen molar-refractivity contribution in [1.82, 2.24) is 15.2 Å². The molecule has 0 unspecified atom stereocenters. The van der Waals surface area contributed by atoms with Crippen LogP contribution in [0.1, 0.15) is 11.4 Å². The standard InChI is InChI=1S/C12H11N3O/c1-7-6-9-11(8(2)14-15-9)12(13-7)10-4-3-5-16-10/h3-6H,1-2H3,(H,14,15). The molecular formula is C12H11N3O. The first-order chi connectivity index (χ1) is 7.75. The minimum atomic E-state index is 0.776. The molecule has 0 bridgehead atoms. The fourth-order valence-electron chi connectivity index (χ4n) is 1.92. The largest absolute Gasteiger partial charge is 0.463 e. The van der Waals surface area contributed by atoms with Crippen LogP contribution in [0.4, 0.5) is 0 Å². The minimum absolute atomic E-state index is 0.776. The fraction of sp³-hybridized carbons (Fsp3) is 0.167. The molecule has 0 atom stereocenters. The molecule has 0 spiro atoms. The van der Waals surface area contributed by atoms with E-state index in [-0.39, 0.29) is 0 Å². The average molecular weight is 213 g/mol. The Morgan fingerprint density at radius 2 is 2.19 bits per heavy atom. The van der Waals surface area contributed by atoms with Crippen molar-refractivity contribution >= 4 is 10.9 Å². The lowest BCUT2D eigenvalue weighted by molar-refractivity contribution is 0.580. The van der Waals surface area contributed by atoms with E-state index in [1.165, 1.54) is 0 Å². The zero-order valence-electron chi connectivity index (χ0n) is 9.11. The quantitative estimate of drug-likeness (QED) is 0.676. The van der Waals surface area contributed by atoms with E-state index in [4.69, 9.17) is 4.42 Å². The molecule has 0 aliphatic heterocycles. The van der Waals surface area contributed by atoms with Gasteiger partial charge >= 0.3 is 0 Å². The summed E-state index contributed by atoms with van der Waals surface area (Å²) in [5.41, 5.74) is 3.74. The van der Waals surface area contributed by atoms with Crippen molar-refractivity contribution in [3.63, 3.8) is 0 Å². The zero-order chi connectivity index (χ0) is 11.1. The van der Waals surface area contributed by atoms with Crippen molar-refractivity contribution in [2.75, 3.05) is 0 Å². The maximum Gasteiger partial charge on any atom is 0.153 e. The van der Waals surface area contributed by atoms with Crippen molar-refractivity contribution in [2.45, 2.75) is 13.8 Å². The van der Waals surface area contributed by atoms with Crippen molar-refractivity contribution in [3.8, 4) is 11.5 Å². The molecule has 16 heavy (non-hydrogen) atoms. The van der Waals surface area contributed by atoms with Gasteiger partial charge in [-0.3, -0.25) is 5.10 Å². The third-order valence-electron chi connectivity index (χ3n) is 2.61. The van der Waals surface area contributed by atoms with Crippen LogP contribution in [0, 0.1) is 13.8 Å². The molecule has 4 nitrogen and oxygen atoms in total. The highest BCUT2D eigenvalue weighted by Crippen LogP contribution is 2.28. The molecule has 4 heteroatoms. The fourth-order valence-corrected chi connectivity index (χ4v) is 1.92. The van der Waals surface area contributed by atoms with Crippen LogP contribution in [0.2, 0.25) is 0 Å². The topological polar surface area (TPSA) is 54.7 Å². The number of fused-ring (bicyclic) bond motifs is 1. The van der Waals surface area contributed by atoms with Gasteiger partial charge in [0.05, 0.1) is 22.9 Å². The highest BCUT2D eigenvalue weighted by Gasteiger charge is 2.13. The van der Waals surface area contributed by atoms with E-state index in [2.05, 4.69) is 15.2 Å². The molecule has 3 aromatic rings. The Morgan fingerprint density at radius 1 is 1.31 bits per heavy atom. The SMILES string of the molecule is Cc1cc2[nH]nc(C)c2c(-c2ccco2)n1. The normalized spacial score (nSPS) is 11.1. The van der Waals surface area contributed by atoms with E-state index in [0.29, 0.717) is 0 Å². The van der Waals surface area contributed by atoms with Gasteiger partial charge in [-0.15, -0.1) is 0 Å². The molecular weight excluding hydrogens is 202 g/mol. The van der Waals surface area contributed by atoms with Gasteiger partial charge in [0.1, 0.15) is 5.69 Å². The third kappa shape index (κ3) is 1.23. The second-order valence-corrected chi connectivity index (χ2v) is 3.82. The molecule has 3 heterocycles. The van der Waals surface area contributed by atoms with Crippen LogP contribution in [0.5, 0.6) is 0 Å². The predicted molar refractivity (Wildman–Crippen MR) is 61.1 cm³/mol. The number of rotatable bonds is 1. The Bertz CT molecular complexity index is 638. The molecule has 0 saturated heterocycles. The lowest BCUT2D eigenvalue weighted by atomic mass is 10.1. The van der Waals surface area contributed by atoms with E-state index >= 15 is 0 Å². The molecule has 0 aromatic carbocycles. The molecule has 0 aliphatic rings. The Balaban J connectivity index is 2.42. The molecule has 3 aromatic heterocycles. The Morgan fingerprint density at radius 3 is 2.94 bits per heavy atom. The zero-order valence-corrected chi connectivity index (χ0v) is 9.11. The first-order valence-corrected chi connectivity index (χ1v) is 5.12. The summed E-state index contributed by atoms with van der Waals surface area (Å²) in [4.78, 5) is 4.52. The summed E-state index contributed by atoms with van der Waals surface area (Å²) in [6.07, 6.45) is 1.65. The Hall–Kier alpha value is -2.10. The smallest absolute Gasteiger partial charge is 0.153 e. The second kappa shape index (κ2) is 3.20. The highest BCUT2D eigenvalue weighted by atomic mass is 16.3. The number of hydrogen-bond donors (Lipinski definition) is 1. The third-order valence-corrected chi connectivity index (χ3v) is 2.61. The van der Waals surface area contributed by atoms with Crippen LogP contribution in [0.3, 0.4) is 0 Å². The number of nitrogens with one attached hydrogen (secondary N) is 1. The first-order valence-electron chi connectivity index (χ1n) is 5.12. The maximum absolute atomic E-state index is 5.40. The number of aryl methyl sites for hydroxylation is 2. The van der Waals surface area contributed by atoms with Crippen molar-refractivity contribution in [1.29, 1.82) is 0 Å². The first kappa shape index (κ1) is 9.15. The molecule has 3 rings (SSSR count). The van der Waals surface area contributed by atoms with E-state index < -0.39 is 0 Å². The van der Waals surface area contributed by atoms with Crippen LogP contribution < -0.4 is 0 Å². The van der Waals surface area contributed by atoms with E-state index in [1.54, 1.807) is 6.26 Å². The van der Waals surface area contributed by atoms with Gasteiger partial charge in [0.2, 0.25) is 0 Å². The Kier molecular flexibility index (Phi) is 1.83. The molecule has 0 radical (unpaired) electrons. The van der Waals surface area contributed by atoms with Crippen molar-refractivity contribution in [2.24, 2.45) is 0 Å². The highest BCUT2D eigenvalue weighted by molar-refractivity contribution is 5.93. The number of aromatic amines is 1. The maximum atomic E-state index is 5.40. The lowest BCUT2D eigenvalue weighted by Crippen LogP contribution is -1.88. The van der Waals surface area contributed by atoms with Gasteiger partial charge in [0.15, 0.2) is 5.76 Å². The van der Waals surface area contributed by atoms with Gasteiger partial charge in [-0.1, -0.05) is 0 Å². The van der Waals surface area contributed by atoms with Crippen LogP contribution in [0.15, 0.2) is 28.9 Å². The molecule has 0 aliphatic carbocycles. The summed E-state index contributed by atoms with van der Waals surface area (Å²) in [5, 5.41) is 8.23. The average Bonchev–Trinajstić information content (AvgIpc) is 2.87. The Labute approximate surface area is 92.3 Å². The van der Waals surface area contributed by atoms with Crippen LogP contribution >= 0.6 is 0 Å². The lowest BCUT2D eigenvalue weighted by Gasteiger charge is -2.01. The van der Waals surface area contributed by atoms with E-state index in [0.717, 1.165) is 33.7 Å². The summed E-state index contributed by atoms with van der Waals surface area (Å²) in [7, 11) is 0. The number of H-pyrrole nitrogens is 1. The number of hydrogen-bond acceptors (Lipinski definition) is 3. The summed E-state index contributed by atoms with van der Waals surface area (Å²) in [6.45, 7) is 3.92. The van der Waals surface area contributed by atoms with Gasteiger partial charge in [-0.05, 0) is 32.0 Å². The van der Waals surface area contributed by atoms with Gasteiger partial charge in [-0.2, -0.15) is 5.10 Å². The summed E-state index contributed by atoms with van der Waals surface area (Å²) >= 11 is 0. The van der Waals surface area contributed by atoms with Crippen molar-refractivity contribution in [3.05, 3.63) is 35.9 Å². The number of furan rings is 1. The molecule has 1 N–H and O–H groups in total. The minimum Gasteiger partial charge on any atom is -0.463 e. The summed E-state index contributed by atoms with van der Waals surface area (Å²) < 4.78 is 5.40. The van der Waals surface area contributed by atoms with Crippen LogP contribution in [0.25, 0.3) is 22.4 Å². The molecule has 0 amide bonds. The van der Waals surface area contributed by atoms with Crippen LogP contribution in [-0.2, 0) is 0 Å². The summed E-state index contributed by atoms with van der Waals surface area (Å²) in [5.74, 6) is 0.776. The van der Waals surface area contributed by atoms with E-state index in [9.17, 15) is 0 Å². The van der Waals surface area contributed by atoms with Gasteiger partial charge in [0, 0.05) is 5.69 Å². The summed E-state index contributed by atoms with van der Waals surface area (Å²) in [6, 6.07) is 5.76. The second-order valence-electron chi connectivity index (χ2n) is 3.82. The predicted octanol–water partition coefficient (Wildman–Crippen LogP) is 2.83. The van der Waals surface area contributed by atoms with Gasteiger partial charge in [0.25, 0.3) is 0 Å². The number of nitrogens with zero attached hydrogens (tertiary/aromatic N) is 2. The molecule has 80 valence electrons. The van der Waals surface area contributed by atoms with Gasteiger partial charge < -0.3 is 4.42 Å². The van der Waals surface area contributed by atoms with Crippen LogP contribution in [-0.4, -0.2) is 15.2 Å². The van der Waals surface area contributed by atoms with Gasteiger partial charge in [-0.25, -0.2) is 4.98 Å².